The molecule has 14 heavy (non-hydrogen) atoms. The fourth-order valence-corrected chi connectivity index (χ4v) is 2.18. The summed E-state index contributed by atoms with van der Waals surface area (Å²) in [6.45, 7) is 0. The minimum Gasteiger partial charge on any atom is -0.0777 e. The summed E-state index contributed by atoms with van der Waals surface area (Å²) in [5.41, 5.74) is 2.64. The maximum atomic E-state index is 3.44. The molecule has 0 bridgehead atoms. The van der Waals surface area contributed by atoms with Gasteiger partial charge in [-0.25, -0.2) is 0 Å². The van der Waals surface area contributed by atoms with Crippen molar-refractivity contribution in [3.63, 3.8) is 0 Å². The van der Waals surface area contributed by atoms with E-state index in [0.29, 0.717) is 3.92 Å². The van der Waals surface area contributed by atoms with E-state index in [0.717, 1.165) is 10.9 Å². The van der Waals surface area contributed by atoms with Gasteiger partial charge in [0.1, 0.15) is 0 Å². The lowest BCUT2D eigenvalue weighted by Crippen LogP contribution is -1.95. The lowest BCUT2D eigenvalue weighted by molar-refractivity contribution is 1.10. The van der Waals surface area contributed by atoms with Gasteiger partial charge in [-0.05, 0) is 29.7 Å². The molecular weight excluding hydrogens is 351 g/mol. The Morgan fingerprint density at radius 2 is 1.93 bits per heavy atom. The first kappa shape index (κ1) is 10.4. The predicted molar refractivity (Wildman–Crippen MR) is 73.7 cm³/mol. The molecule has 0 spiro atoms. The Bertz CT molecular complexity index is 376. The monoisotopic (exact) mass is 360 g/mol. The third-order valence-corrected chi connectivity index (χ3v) is 3.68. The Morgan fingerprint density at radius 3 is 2.50 bits per heavy atom. The fourth-order valence-electron chi connectivity index (χ4n) is 1.45. The van der Waals surface area contributed by atoms with Crippen LogP contribution in [0.3, 0.4) is 0 Å². The molecule has 0 aromatic heterocycles. The third-order valence-electron chi connectivity index (χ3n) is 2.23. The molecule has 2 heteroatoms. The molecule has 0 N–H and O–H groups in total. The van der Waals surface area contributed by atoms with E-state index in [2.05, 4.69) is 81.0 Å². The van der Waals surface area contributed by atoms with Crippen molar-refractivity contribution in [1.29, 1.82) is 0 Å². The van der Waals surface area contributed by atoms with E-state index >= 15 is 0 Å². The maximum Gasteiger partial charge on any atom is 0.0327 e. The van der Waals surface area contributed by atoms with Crippen LogP contribution in [0.4, 0.5) is 0 Å². The van der Waals surface area contributed by atoms with Gasteiger partial charge in [0.25, 0.3) is 0 Å². The highest BCUT2D eigenvalue weighted by molar-refractivity contribution is 14.1. The molecule has 0 amide bonds. The first-order valence-electron chi connectivity index (χ1n) is 4.54. The SMILES string of the molecule is Brc1ccc(C2=CCC(I)C=C2)cc1. The van der Waals surface area contributed by atoms with Crippen molar-refractivity contribution >= 4 is 44.1 Å². The second-order valence-corrected chi connectivity index (χ2v) is 5.79. The van der Waals surface area contributed by atoms with Crippen molar-refractivity contribution in [2.45, 2.75) is 10.3 Å². The lowest BCUT2D eigenvalue weighted by Gasteiger charge is -2.10. The molecule has 2 rings (SSSR count). The number of benzene rings is 1. The van der Waals surface area contributed by atoms with Crippen LogP contribution in [-0.2, 0) is 0 Å². The van der Waals surface area contributed by atoms with Gasteiger partial charge in [0.15, 0.2) is 0 Å². The number of rotatable bonds is 1. The molecule has 0 saturated heterocycles. The van der Waals surface area contributed by atoms with Crippen LogP contribution in [-0.4, -0.2) is 3.92 Å². The van der Waals surface area contributed by atoms with E-state index in [9.17, 15) is 0 Å². The van der Waals surface area contributed by atoms with E-state index < -0.39 is 0 Å². The van der Waals surface area contributed by atoms with Crippen LogP contribution in [0.2, 0.25) is 0 Å². The average Bonchev–Trinajstić information content (AvgIpc) is 2.21. The van der Waals surface area contributed by atoms with Gasteiger partial charge in [0.05, 0.1) is 0 Å². The normalized spacial score (nSPS) is 20.7. The summed E-state index contributed by atoms with van der Waals surface area (Å²) in [6, 6.07) is 8.46. The van der Waals surface area contributed by atoms with Gasteiger partial charge in [-0.3, -0.25) is 0 Å². The Labute approximate surface area is 106 Å². The first-order chi connectivity index (χ1) is 6.75. The number of alkyl halides is 1. The average molecular weight is 361 g/mol. The highest BCUT2D eigenvalue weighted by Crippen LogP contribution is 2.25. The standard InChI is InChI=1S/C12H10BrI/c13-11-5-1-9(2-6-11)10-3-7-12(14)8-4-10/h1-7,12H,8H2. The van der Waals surface area contributed by atoms with E-state index in [1.165, 1.54) is 11.1 Å². The Kier molecular flexibility index (Phi) is 3.44. The zero-order chi connectivity index (χ0) is 9.97. The van der Waals surface area contributed by atoms with Crippen molar-refractivity contribution in [2.75, 3.05) is 0 Å². The molecular formula is C12H10BrI. The van der Waals surface area contributed by atoms with Crippen LogP contribution in [0.5, 0.6) is 0 Å². The molecule has 0 heterocycles. The van der Waals surface area contributed by atoms with Gasteiger partial charge in [-0.15, -0.1) is 0 Å². The molecule has 1 aromatic carbocycles. The molecule has 72 valence electrons. The number of hydrogen-bond donors (Lipinski definition) is 0. The summed E-state index contributed by atoms with van der Waals surface area (Å²) >= 11 is 5.89. The van der Waals surface area contributed by atoms with E-state index in [4.69, 9.17) is 0 Å². The molecule has 1 aliphatic carbocycles. The van der Waals surface area contributed by atoms with Gasteiger partial charge < -0.3 is 0 Å². The van der Waals surface area contributed by atoms with E-state index in [1.807, 2.05) is 0 Å². The number of hydrogen-bond acceptors (Lipinski definition) is 0. The van der Waals surface area contributed by atoms with Gasteiger partial charge in [-0.1, -0.05) is 68.9 Å². The molecule has 0 fully saturated rings. The van der Waals surface area contributed by atoms with Crippen LogP contribution in [0.1, 0.15) is 12.0 Å². The maximum absolute atomic E-state index is 3.44. The molecule has 1 atom stereocenters. The lowest BCUT2D eigenvalue weighted by atomic mass is 10.00. The second kappa shape index (κ2) is 4.62. The predicted octanol–water partition coefficient (Wildman–Crippen LogP) is 4.60. The van der Waals surface area contributed by atoms with Crippen molar-refractivity contribution < 1.29 is 0 Å². The molecule has 0 nitrogen and oxygen atoms in total. The summed E-state index contributed by atoms with van der Waals surface area (Å²) in [5.74, 6) is 0. The van der Waals surface area contributed by atoms with Gasteiger partial charge in [-0.2, -0.15) is 0 Å². The first-order valence-corrected chi connectivity index (χ1v) is 6.58. The Balaban J connectivity index is 2.24. The Hall–Kier alpha value is -0.0900. The summed E-state index contributed by atoms with van der Waals surface area (Å²) < 4.78 is 1.79. The van der Waals surface area contributed by atoms with E-state index in [1.54, 1.807) is 0 Å². The topological polar surface area (TPSA) is 0 Å². The molecule has 1 aliphatic rings. The number of halogens is 2. The van der Waals surface area contributed by atoms with Gasteiger partial charge in [0, 0.05) is 8.40 Å². The summed E-state index contributed by atoms with van der Waals surface area (Å²) in [6.07, 6.45) is 7.92. The fraction of sp³-hybridized carbons (Fsp3) is 0.167. The second-order valence-electron chi connectivity index (χ2n) is 3.28. The zero-order valence-electron chi connectivity index (χ0n) is 7.58. The summed E-state index contributed by atoms with van der Waals surface area (Å²) in [5, 5.41) is 0. The minimum absolute atomic E-state index is 0.659. The van der Waals surface area contributed by atoms with Crippen LogP contribution in [0.25, 0.3) is 5.57 Å². The quantitative estimate of drug-likeness (QED) is 0.507. The van der Waals surface area contributed by atoms with Crippen LogP contribution in [0.15, 0.2) is 47.0 Å². The van der Waals surface area contributed by atoms with Crippen molar-refractivity contribution in [2.24, 2.45) is 0 Å². The highest BCUT2D eigenvalue weighted by Gasteiger charge is 2.05. The Morgan fingerprint density at radius 1 is 1.21 bits per heavy atom. The highest BCUT2D eigenvalue weighted by atomic mass is 127. The van der Waals surface area contributed by atoms with Crippen molar-refractivity contribution in [3.05, 3.63) is 52.5 Å². The van der Waals surface area contributed by atoms with Gasteiger partial charge in [0.2, 0.25) is 0 Å². The van der Waals surface area contributed by atoms with Crippen LogP contribution in [0, 0.1) is 0 Å². The van der Waals surface area contributed by atoms with E-state index in [-0.39, 0.29) is 0 Å². The van der Waals surface area contributed by atoms with Crippen LogP contribution >= 0.6 is 38.5 Å². The number of allylic oxidation sites excluding steroid dienone is 4. The smallest absolute Gasteiger partial charge is 0.0327 e. The third kappa shape index (κ3) is 2.48. The molecule has 0 aliphatic heterocycles. The molecule has 0 saturated carbocycles. The van der Waals surface area contributed by atoms with Gasteiger partial charge >= 0.3 is 0 Å². The molecule has 0 radical (unpaired) electrons. The minimum atomic E-state index is 0.659. The molecule has 1 aromatic rings. The molecule has 1 unspecified atom stereocenters. The van der Waals surface area contributed by atoms with Crippen LogP contribution < -0.4 is 0 Å². The summed E-state index contributed by atoms with van der Waals surface area (Å²) in [7, 11) is 0. The van der Waals surface area contributed by atoms with Crippen molar-refractivity contribution in [3.8, 4) is 0 Å². The van der Waals surface area contributed by atoms with Crippen molar-refractivity contribution in [1.82, 2.24) is 0 Å². The summed E-state index contributed by atoms with van der Waals surface area (Å²) in [4.78, 5) is 0. The largest absolute Gasteiger partial charge is 0.0777 e. The zero-order valence-corrected chi connectivity index (χ0v) is 11.3.